The van der Waals surface area contributed by atoms with Gasteiger partial charge in [0.25, 0.3) is 0 Å². The Morgan fingerprint density at radius 2 is 1.79 bits per heavy atom. The van der Waals surface area contributed by atoms with Crippen molar-refractivity contribution in [2.45, 2.75) is 77.4 Å². The highest BCUT2D eigenvalue weighted by atomic mass is 16.6. The van der Waals surface area contributed by atoms with E-state index in [0.29, 0.717) is 5.56 Å². The van der Waals surface area contributed by atoms with Crippen molar-refractivity contribution in [1.82, 2.24) is 0 Å². The maximum atomic E-state index is 12.7. The summed E-state index contributed by atoms with van der Waals surface area (Å²) in [7, 11) is 0. The summed E-state index contributed by atoms with van der Waals surface area (Å²) in [5.74, 6) is 2.20. The third kappa shape index (κ3) is 5.79. The third-order valence-corrected chi connectivity index (χ3v) is 6.90. The number of nitrogens with one attached hydrogen (secondary N) is 1. The Hall–Kier alpha value is -2.76. The van der Waals surface area contributed by atoms with Crippen molar-refractivity contribution in [2.24, 2.45) is 32.7 Å². The molecule has 176 valence electrons. The van der Waals surface area contributed by atoms with E-state index in [0.717, 1.165) is 34.7 Å². The standard InChI is InChI=1S/C27H36N4O2/c1-18(15-29-17-28-5)16-30-24-11-22(25(32)33-26(2,3)4)6-7-23(24)31-27-12-19-8-20(13-27)10-21(9-19)14-27/h6-7,11,15-17,19-21,31H,5,8-10,12-14H2,1-4H3/b18-15+,29-17?,30-16?. The van der Waals surface area contributed by atoms with Crippen LogP contribution in [0.25, 0.3) is 0 Å². The Labute approximate surface area is 197 Å². The molecule has 6 nitrogen and oxygen atoms in total. The van der Waals surface area contributed by atoms with Crippen molar-refractivity contribution in [3.05, 3.63) is 35.5 Å². The molecule has 0 radical (unpaired) electrons. The van der Waals surface area contributed by atoms with Gasteiger partial charge in [-0.15, -0.1) is 0 Å². The van der Waals surface area contributed by atoms with Gasteiger partial charge >= 0.3 is 5.97 Å². The molecule has 4 aliphatic rings. The molecule has 1 N–H and O–H groups in total. The zero-order valence-electron chi connectivity index (χ0n) is 20.3. The molecule has 1 aromatic carbocycles. The molecule has 1 aromatic rings. The van der Waals surface area contributed by atoms with E-state index in [2.05, 4.69) is 22.0 Å². The van der Waals surface area contributed by atoms with Crippen LogP contribution in [0.1, 0.15) is 76.6 Å². The molecule has 0 atom stereocenters. The molecule has 0 aromatic heterocycles. The number of ether oxygens (including phenoxy) is 1. The zero-order chi connectivity index (χ0) is 23.6. The predicted octanol–water partition coefficient (Wildman–Crippen LogP) is 6.36. The Balaban J connectivity index is 1.62. The van der Waals surface area contributed by atoms with Crippen LogP contribution in [0.15, 0.2) is 44.9 Å². The molecule has 0 amide bonds. The summed E-state index contributed by atoms with van der Waals surface area (Å²) in [5, 5.41) is 3.91. The van der Waals surface area contributed by atoms with Crippen LogP contribution >= 0.6 is 0 Å². The Morgan fingerprint density at radius 3 is 2.36 bits per heavy atom. The van der Waals surface area contributed by atoms with Gasteiger partial charge in [-0.3, -0.25) is 9.98 Å². The fourth-order valence-corrected chi connectivity index (χ4v) is 6.16. The molecule has 5 rings (SSSR count). The maximum Gasteiger partial charge on any atom is 0.338 e. The van der Waals surface area contributed by atoms with E-state index < -0.39 is 5.60 Å². The first-order valence-electron chi connectivity index (χ1n) is 12.0. The van der Waals surface area contributed by atoms with Crippen molar-refractivity contribution in [3.8, 4) is 0 Å². The van der Waals surface area contributed by atoms with Gasteiger partial charge in [0, 0.05) is 18.0 Å². The number of rotatable bonds is 7. The topological polar surface area (TPSA) is 75.4 Å². The molecule has 33 heavy (non-hydrogen) atoms. The second kappa shape index (κ2) is 9.24. The molecular weight excluding hydrogens is 412 g/mol. The van der Waals surface area contributed by atoms with Crippen molar-refractivity contribution >= 4 is 36.6 Å². The lowest BCUT2D eigenvalue weighted by molar-refractivity contribution is 0.00695. The highest BCUT2D eigenvalue weighted by molar-refractivity contribution is 5.93. The van der Waals surface area contributed by atoms with Gasteiger partial charge in [0.05, 0.1) is 16.9 Å². The van der Waals surface area contributed by atoms with Gasteiger partial charge < -0.3 is 10.1 Å². The van der Waals surface area contributed by atoms with Gasteiger partial charge in [0.15, 0.2) is 0 Å². The fraction of sp³-hybridized carbons (Fsp3) is 0.556. The average Bonchev–Trinajstić information content (AvgIpc) is 2.70. The van der Waals surface area contributed by atoms with Crippen molar-refractivity contribution < 1.29 is 9.53 Å². The van der Waals surface area contributed by atoms with Gasteiger partial charge in [-0.2, -0.15) is 0 Å². The van der Waals surface area contributed by atoms with E-state index in [1.165, 1.54) is 44.9 Å². The summed E-state index contributed by atoms with van der Waals surface area (Å²) < 4.78 is 5.59. The van der Waals surface area contributed by atoms with Crippen molar-refractivity contribution in [2.75, 3.05) is 5.32 Å². The minimum atomic E-state index is -0.548. The van der Waals surface area contributed by atoms with Crippen molar-refractivity contribution in [3.63, 3.8) is 0 Å². The van der Waals surface area contributed by atoms with Crippen LogP contribution in [0.2, 0.25) is 0 Å². The lowest BCUT2D eigenvalue weighted by atomic mass is 9.53. The quantitative estimate of drug-likeness (QED) is 0.300. The SMILES string of the molecule is C=NC=N/C=C(\C)C=Nc1cc(C(=O)OC(C)(C)C)ccc1NC12CC3CC(CC(C3)C1)C2. The Kier molecular flexibility index (Phi) is 6.55. The molecule has 4 saturated carbocycles. The first-order chi connectivity index (χ1) is 15.6. The van der Waals surface area contributed by atoms with Crippen LogP contribution in [-0.4, -0.2) is 36.4 Å². The first kappa shape index (κ1) is 23.4. The van der Waals surface area contributed by atoms with Crippen LogP contribution in [0.3, 0.4) is 0 Å². The number of hydrogen-bond donors (Lipinski definition) is 1. The van der Waals surface area contributed by atoms with Gasteiger partial charge in [0.1, 0.15) is 11.9 Å². The lowest BCUT2D eigenvalue weighted by Crippen LogP contribution is -2.54. The second-order valence-electron chi connectivity index (χ2n) is 11.1. The number of carbonyl (C=O) groups is 1. The summed E-state index contributed by atoms with van der Waals surface area (Å²) in [4.78, 5) is 25.1. The summed E-state index contributed by atoms with van der Waals surface area (Å²) in [6, 6.07) is 5.66. The molecule has 4 fully saturated rings. The molecular formula is C27H36N4O2. The van der Waals surface area contributed by atoms with Crippen LogP contribution in [0, 0.1) is 17.8 Å². The van der Waals surface area contributed by atoms with Crippen LogP contribution in [0.5, 0.6) is 0 Å². The molecule has 0 heterocycles. The van der Waals surface area contributed by atoms with E-state index in [1.807, 2.05) is 45.9 Å². The molecule has 6 heteroatoms. The van der Waals surface area contributed by atoms with Crippen LogP contribution in [0.4, 0.5) is 11.4 Å². The predicted molar refractivity (Wildman–Crippen MR) is 136 cm³/mol. The number of nitrogens with zero attached hydrogens (tertiary/aromatic N) is 3. The number of benzene rings is 1. The number of esters is 1. The monoisotopic (exact) mass is 448 g/mol. The average molecular weight is 449 g/mol. The first-order valence-corrected chi connectivity index (χ1v) is 12.0. The molecule has 0 unspecified atom stereocenters. The van der Waals surface area contributed by atoms with Crippen LogP contribution in [-0.2, 0) is 4.74 Å². The van der Waals surface area contributed by atoms with E-state index >= 15 is 0 Å². The van der Waals surface area contributed by atoms with Gasteiger partial charge in [-0.05, 0) is 114 Å². The molecule has 4 bridgehead atoms. The van der Waals surface area contributed by atoms with E-state index in [1.54, 1.807) is 12.4 Å². The molecule has 0 spiro atoms. The number of allylic oxidation sites excluding steroid dienone is 1. The Morgan fingerprint density at radius 1 is 1.15 bits per heavy atom. The van der Waals surface area contributed by atoms with Gasteiger partial charge in [-0.1, -0.05) is 0 Å². The van der Waals surface area contributed by atoms with Crippen molar-refractivity contribution in [1.29, 1.82) is 0 Å². The normalized spacial score (nSPS) is 29.1. The van der Waals surface area contributed by atoms with E-state index in [4.69, 9.17) is 9.73 Å². The molecule has 0 aliphatic heterocycles. The summed E-state index contributed by atoms with van der Waals surface area (Å²) in [6.07, 6.45) is 12.7. The van der Waals surface area contributed by atoms with Gasteiger partial charge in [-0.25, -0.2) is 9.79 Å². The lowest BCUT2D eigenvalue weighted by Gasteiger charge is -2.57. The highest BCUT2D eigenvalue weighted by Crippen LogP contribution is 2.57. The molecule has 0 saturated heterocycles. The maximum absolute atomic E-state index is 12.7. The number of aliphatic imine (C=N–C) groups is 3. The Bertz CT molecular complexity index is 965. The third-order valence-electron chi connectivity index (χ3n) is 6.90. The van der Waals surface area contributed by atoms with Gasteiger partial charge in [0.2, 0.25) is 0 Å². The summed E-state index contributed by atoms with van der Waals surface area (Å²) >= 11 is 0. The fourth-order valence-electron chi connectivity index (χ4n) is 6.16. The summed E-state index contributed by atoms with van der Waals surface area (Å²) in [6.45, 7) is 10.9. The molecule has 4 aliphatic carbocycles. The van der Waals surface area contributed by atoms with E-state index in [9.17, 15) is 4.79 Å². The number of carbonyl (C=O) groups excluding carboxylic acids is 1. The van der Waals surface area contributed by atoms with E-state index in [-0.39, 0.29) is 11.5 Å². The second-order valence-corrected chi connectivity index (χ2v) is 11.1. The zero-order valence-corrected chi connectivity index (χ0v) is 20.3. The van der Waals surface area contributed by atoms with Crippen LogP contribution < -0.4 is 5.32 Å². The smallest absolute Gasteiger partial charge is 0.338 e. The number of hydrogen-bond acceptors (Lipinski definition) is 5. The highest BCUT2D eigenvalue weighted by Gasteiger charge is 2.51. The summed E-state index contributed by atoms with van der Waals surface area (Å²) in [5.41, 5.74) is 2.70. The number of anilines is 1. The minimum Gasteiger partial charge on any atom is -0.456 e. The largest absolute Gasteiger partial charge is 0.456 e. The minimum absolute atomic E-state index is 0.150.